The van der Waals surface area contributed by atoms with Gasteiger partial charge in [-0.1, -0.05) is 11.6 Å². The summed E-state index contributed by atoms with van der Waals surface area (Å²) in [6, 6.07) is 3.99. The number of hydrogen-bond donors (Lipinski definition) is 0. The second kappa shape index (κ2) is 3.36. The molecule has 0 aromatic heterocycles. The van der Waals surface area contributed by atoms with Crippen LogP contribution in [0.25, 0.3) is 0 Å². The third-order valence-corrected chi connectivity index (χ3v) is 1.57. The Balaban J connectivity index is 3.27. The van der Waals surface area contributed by atoms with E-state index in [1.165, 1.54) is 0 Å². The van der Waals surface area contributed by atoms with Gasteiger partial charge >= 0.3 is 0 Å². The molecule has 1 radical (unpaired) electrons. The quantitative estimate of drug-likeness (QED) is 0.541. The molecule has 0 heterocycles. The minimum Gasteiger partial charge on any atom is -0.258 e. The van der Waals surface area contributed by atoms with Gasteiger partial charge in [-0.15, -0.1) is 0 Å². The van der Waals surface area contributed by atoms with E-state index in [1.54, 1.807) is 0 Å². The van der Waals surface area contributed by atoms with Gasteiger partial charge in [0.1, 0.15) is 5.02 Å². The molecule has 0 unspecified atom stereocenters. The molecule has 13 heavy (non-hydrogen) atoms. The first kappa shape index (κ1) is 9.40. The minimum absolute atomic E-state index is 0.240. The molecule has 6 nitrogen and oxygen atoms in total. The van der Waals surface area contributed by atoms with Crippen molar-refractivity contribution >= 4 is 23.0 Å². The van der Waals surface area contributed by atoms with Gasteiger partial charge in [-0.05, 0) is 0 Å². The normalized spacial score (nSPS) is 9.62. The van der Waals surface area contributed by atoms with Crippen molar-refractivity contribution in [1.29, 1.82) is 0 Å². The highest BCUT2D eigenvalue weighted by Gasteiger charge is 2.17. The lowest BCUT2D eigenvalue weighted by Gasteiger charge is -1.93. The lowest BCUT2D eigenvalue weighted by Crippen LogP contribution is -1.92. The molecular weight excluding hydrogens is 200 g/mol. The van der Waals surface area contributed by atoms with Crippen LogP contribution < -0.4 is 0 Å². The summed E-state index contributed by atoms with van der Waals surface area (Å²) < 4.78 is 0. The molecule has 67 valence electrons. The molecule has 7 heteroatoms. The topological polar surface area (TPSA) is 86.3 Å². The average Bonchev–Trinajstić information content (AvgIpc) is 2.04. The van der Waals surface area contributed by atoms with Crippen LogP contribution in [0, 0.1) is 26.3 Å². The Morgan fingerprint density at radius 3 is 2.38 bits per heavy atom. The highest BCUT2D eigenvalue weighted by atomic mass is 35.5. The molecule has 0 saturated heterocycles. The second-order valence-corrected chi connectivity index (χ2v) is 2.45. The molecule has 0 aliphatic carbocycles. The maximum atomic E-state index is 10.3. The first-order chi connectivity index (χ1) is 6.02. The number of halogens is 1. The summed E-state index contributed by atoms with van der Waals surface area (Å²) >= 11 is 5.38. The molecule has 0 fully saturated rings. The van der Waals surface area contributed by atoms with Crippen LogP contribution in [0.15, 0.2) is 12.1 Å². The number of rotatable bonds is 2. The maximum Gasteiger partial charge on any atom is 0.295 e. The Hall–Kier alpha value is -1.69. The fraction of sp³-hybridized carbons (Fsp3) is 0. The van der Waals surface area contributed by atoms with Gasteiger partial charge in [0.2, 0.25) is 0 Å². The number of nitrogens with zero attached hydrogens (tertiary/aromatic N) is 2. The van der Waals surface area contributed by atoms with E-state index in [0.29, 0.717) is 0 Å². The zero-order valence-electron chi connectivity index (χ0n) is 6.06. The van der Waals surface area contributed by atoms with Crippen LogP contribution in [0.1, 0.15) is 0 Å². The van der Waals surface area contributed by atoms with E-state index in [9.17, 15) is 20.2 Å². The Bertz CT molecular complexity index is 379. The predicted octanol–water partition coefficient (Wildman–Crippen LogP) is 1.96. The molecule has 0 N–H and O–H groups in total. The fourth-order valence-electron chi connectivity index (χ4n) is 0.695. The van der Waals surface area contributed by atoms with Crippen molar-refractivity contribution in [3.8, 4) is 0 Å². The standard InChI is InChI=1S/C6H2ClN2O4/c7-5-2-1-4(8(10)11)3-6(5)9(12)13/h1,3H. The van der Waals surface area contributed by atoms with Crippen molar-refractivity contribution in [3.63, 3.8) is 0 Å². The summed E-state index contributed by atoms with van der Waals surface area (Å²) in [6.07, 6.45) is 0. The fourth-order valence-corrected chi connectivity index (χ4v) is 0.873. The molecule has 1 rings (SSSR count). The van der Waals surface area contributed by atoms with Gasteiger partial charge in [0, 0.05) is 12.1 Å². The molecule has 0 atom stereocenters. The van der Waals surface area contributed by atoms with E-state index < -0.39 is 21.2 Å². The highest BCUT2D eigenvalue weighted by Crippen LogP contribution is 2.27. The highest BCUT2D eigenvalue weighted by molar-refractivity contribution is 6.32. The van der Waals surface area contributed by atoms with Crippen molar-refractivity contribution in [2.45, 2.75) is 0 Å². The number of non-ortho nitro benzene ring substituents is 1. The summed E-state index contributed by atoms with van der Waals surface area (Å²) in [6.45, 7) is 0. The summed E-state index contributed by atoms with van der Waals surface area (Å²) in [5, 5.41) is 20.2. The van der Waals surface area contributed by atoms with Gasteiger partial charge in [-0.3, -0.25) is 20.2 Å². The van der Waals surface area contributed by atoms with Crippen LogP contribution in [0.3, 0.4) is 0 Å². The molecule has 0 amide bonds. The van der Waals surface area contributed by atoms with Gasteiger partial charge in [0.05, 0.1) is 15.9 Å². The number of hydrogen-bond acceptors (Lipinski definition) is 4. The third kappa shape index (κ3) is 1.91. The van der Waals surface area contributed by atoms with Gasteiger partial charge in [-0.25, -0.2) is 0 Å². The van der Waals surface area contributed by atoms with Crippen LogP contribution in [-0.2, 0) is 0 Å². The zero-order valence-corrected chi connectivity index (χ0v) is 6.82. The summed E-state index contributed by atoms with van der Waals surface area (Å²) in [5.74, 6) is 0. The summed E-state index contributed by atoms with van der Waals surface area (Å²) in [4.78, 5) is 18.9. The molecule has 1 aromatic carbocycles. The first-order valence-corrected chi connectivity index (χ1v) is 3.40. The van der Waals surface area contributed by atoms with E-state index in [2.05, 4.69) is 6.07 Å². The number of nitro groups is 2. The van der Waals surface area contributed by atoms with Crippen LogP contribution in [0.5, 0.6) is 0 Å². The molecule has 0 saturated carbocycles. The third-order valence-electron chi connectivity index (χ3n) is 1.26. The Morgan fingerprint density at radius 2 is 1.92 bits per heavy atom. The SMILES string of the molecule is O=[N+]([O-])c1c[c]c(Cl)c([N+](=O)[O-])c1. The van der Waals surface area contributed by atoms with Gasteiger partial charge in [-0.2, -0.15) is 0 Å². The zero-order chi connectivity index (χ0) is 10.0. The first-order valence-electron chi connectivity index (χ1n) is 3.02. The van der Waals surface area contributed by atoms with Gasteiger partial charge in [0.15, 0.2) is 0 Å². The van der Waals surface area contributed by atoms with Crippen molar-refractivity contribution in [2.24, 2.45) is 0 Å². The van der Waals surface area contributed by atoms with E-state index in [1.807, 2.05) is 0 Å². The minimum atomic E-state index is -0.800. The second-order valence-electron chi connectivity index (χ2n) is 2.07. The predicted molar refractivity (Wildman–Crippen MR) is 43.6 cm³/mol. The van der Waals surface area contributed by atoms with Crippen molar-refractivity contribution in [3.05, 3.63) is 43.5 Å². The molecule has 0 spiro atoms. The Morgan fingerprint density at radius 1 is 1.31 bits per heavy atom. The Labute approximate surface area is 77.0 Å². The van der Waals surface area contributed by atoms with E-state index in [0.717, 1.165) is 12.1 Å². The lowest BCUT2D eigenvalue weighted by molar-refractivity contribution is -0.394. The lowest BCUT2D eigenvalue weighted by atomic mass is 10.3. The smallest absolute Gasteiger partial charge is 0.258 e. The van der Waals surface area contributed by atoms with Crippen LogP contribution in [0.2, 0.25) is 5.02 Å². The van der Waals surface area contributed by atoms with Crippen molar-refractivity contribution < 1.29 is 9.85 Å². The van der Waals surface area contributed by atoms with Crippen LogP contribution in [-0.4, -0.2) is 9.85 Å². The van der Waals surface area contributed by atoms with Crippen molar-refractivity contribution in [1.82, 2.24) is 0 Å². The summed E-state index contributed by atoms with van der Waals surface area (Å²) in [7, 11) is 0. The largest absolute Gasteiger partial charge is 0.295 e. The summed E-state index contributed by atoms with van der Waals surface area (Å²) in [5.41, 5.74) is -0.924. The van der Waals surface area contributed by atoms with E-state index in [-0.39, 0.29) is 5.02 Å². The van der Waals surface area contributed by atoms with E-state index >= 15 is 0 Å². The molecule has 0 aliphatic rings. The molecular formula is C6H2ClN2O4. The van der Waals surface area contributed by atoms with Gasteiger partial charge in [0.25, 0.3) is 11.4 Å². The molecule has 1 aromatic rings. The van der Waals surface area contributed by atoms with Crippen LogP contribution in [0.4, 0.5) is 11.4 Å². The molecule has 0 bridgehead atoms. The Kier molecular flexibility index (Phi) is 2.43. The monoisotopic (exact) mass is 201 g/mol. The van der Waals surface area contributed by atoms with Crippen LogP contribution >= 0.6 is 11.6 Å². The average molecular weight is 202 g/mol. The van der Waals surface area contributed by atoms with E-state index in [4.69, 9.17) is 11.6 Å². The molecule has 0 aliphatic heterocycles. The number of nitro benzene ring substituents is 2. The van der Waals surface area contributed by atoms with Gasteiger partial charge < -0.3 is 0 Å². The van der Waals surface area contributed by atoms with Crippen molar-refractivity contribution in [2.75, 3.05) is 0 Å². The number of benzene rings is 1. The maximum absolute atomic E-state index is 10.3.